The van der Waals surface area contributed by atoms with E-state index in [0.717, 1.165) is 11.1 Å². The Kier molecular flexibility index (Phi) is 3.78. The van der Waals surface area contributed by atoms with Crippen LogP contribution in [0.5, 0.6) is 5.88 Å². The Morgan fingerprint density at radius 1 is 0.920 bits per heavy atom. The molecule has 3 aromatic rings. The smallest absolute Gasteiger partial charge is 0.328 e. The molecule has 25 heavy (non-hydrogen) atoms. The quantitative estimate of drug-likeness (QED) is 0.743. The zero-order valence-electron chi connectivity index (χ0n) is 13.0. The van der Waals surface area contributed by atoms with Crippen LogP contribution < -0.4 is 16.0 Å². The second-order valence-electron chi connectivity index (χ2n) is 5.68. The van der Waals surface area contributed by atoms with Crippen LogP contribution in [-0.2, 0) is 0 Å². The van der Waals surface area contributed by atoms with E-state index in [1.54, 1.807) is 12.1 Å². The summed E-state index contributed by atoms with van der Waals surface area (Å²) in [5, 5.41) is 0.610. The van der Waals surface area contributed by atoms with Crippen molar-refractivity contribution in [3.8, 4) is 5.88 Å². The predicted molar refractivity (Wildman–Crippen MR) is 96.0 cm³/mol. The van der Waals surface area contributed by atoms with E-state index in [-0.39, 0.29) is 11.8 Å². The average Bonchev–Trinajstić information content (AvgIpc) is 2.62. The highest BCUT2D eigenvalue weighted by molar-refractivity contribution is 6.30. The Morgan fingerprint density at radius 3 is 2.36 bits per heavy atom. The Bertz CT molecular complexity index is 1070. The van der Waals surface area contributed by atoms with E-state index in [9.17, 15) is 9.59 Å². The first-order valence-electron chi connectivity index (χ1n) is 7.69. The molecule has 0 radical (unpaired) electrons. The standard InChI is InChI=1S/C19H13ClN2O3/c20-13-8-6-11(7-9-13)14-10-15(12-4-2-1-3-5-12)25-18-16(14)17(23)21-19(24)22-18/h1-10,14H,(H2,21,22,23,24)/t14-/m1/s1. The molecule has 5 nitrogen and oxygen atoms in total. The van der Waals surface area contributed by atoms with Gasteiger partial charge in [0.1, 0.15) is 5.76 Å². The molecule has 1 aliphatic rings. The first-order valence-corrected chi connectivity index (χ1v) is 8.06. The molecule has 2 aromatic carbocycles. The van der Waals surface area contributed by atoms with Crippen molar-refractivity contribution in [3.63, 3.8) is 0 Å². The normalized spacial score (nSPS) is 15.9. The van der Waals surface area contributed by atoms with Gasteiger partial charge in [-0.05, 0) is 23.8 Å². The molecule has 0 spiro atoms. The summed E-state index contributed by atoms with van der Waals surface area (Å²) in [6.45, 7) is 0. The Morgan fingerprint density at radius 2 is 1.64 bits per heavy atom. The minimum absolute atomic E-state index is 0.162. The number of hydrogen-bond acceptors (Lipinski definition) is 3. The van der Waals surface area contributed by atoms with Gasteiger partial charge in [0.25, 0.3) is 5.56 Å². The molecule has 0 bridgehead atoms. The van der Waals surface area contributed by atoms with Crippen LogP contribution in [0.4, 0.5) is 0 Å². The Balaban J connectivity index is 1.93. The van der Waals surface area contributed by atoms with Gasteiger partial charge in [0.15, 0.2) is 0 Å². The lowest BCUT2D eigenvalue weighted by Gasteiger charge is -2.24. The van der Waals surface area contributed by atoms with Crippen LogP contribution in [0.15, 0.2) is 70.3 Å². The number of aromatic amines is 2. The largest absolute Gasteiger partial charge is 0.440 e. The maximum atomic E-state index is 12.4. The molecule has 1 atom stereocenters. The van der Waals surface area contributed by atoms with Crippen molar-refractivity contribution in [3.05, 3.63) is 103 Å². The van der Waals surface area contributed by atoms with Gasteiger partial charge >= 0.3 is 5.69 Å². The number of nitrogens with one attached hydrogen (secondary N) is 2. The van der Waals surface area contributed by atoms with Crippen molar-refractivity contribution in [1.29, 1.82) is 0 Å². The molecule has 0 saturated heterocycles. The number of rotatable bonds is 2. The predicted octanol–water partition coefficient (Wildman–Crippen LogP) is 3.28. The molecule has 0 amide bonds. The van der Waals surface area contributed by atoms with E-state index in [2.05, 4.69) is 9.97 Å². The lowest BCUT2D eigenvalue weighted by Crippen LogP contribution is -2.30. The first-order chi connectivity index (χ1) is 12.1. The second kappa shape index (κ2) is 6.11. The van der Waals surface area contributed by atoms with Gasteiger partial charge in [0.2, 0.25) is 5.88 Å². The summed E-state index contributed by atoms with van der Waals surface area (Å²) in [6, 6.07) is 16.7. The first kappa shape index (κ1) is 15.5. The fraction of sp³-hybridized carbons (Fsp3) is 0.0526. The number of halogens is 1. The fourth-order valence-corrected chi connectivity index (χ4v) is 3.03. The zero-order valence-corrected chi connectivity index (χ0v) is 13.7. The van der Waals surface area contributed by atoms with Gasteiger partial charge in [-0.2, -0.15) is 0 Å². The number of benzene rings is 2. The number of allylic oxidation sites excluding steroid dienone is 1. The third-order valence-electron chi connectivity index (χ3n) is 4.07. The van der Waals surface area contributed by atoms with Gasteiger partial charge in [0, 0.05) is 16.5 Å². The van der Waals surface area contributed by atoms with Crippen LogP contribution in [0.3, 0.4) is 0 Å². The number of fused-ring (bicyclic) bond motifs is 1. The number of ether oxygens (including phenoxy) is 1. The number of hydrogen-bond donors (Lipinski definition) is 2. The number of H-pyrrole nitrogens is 2. The topological polar surface area (TPSA) is 75.0 Å². The molecule has 1 aliphatic heterocycles. The van der Waals surface area contributed by atoms with Crippen LogP contribution in [0, 0.1) is 0 Å². The summed E-state index contributed by atoms with van der Waals surface area (Å²) >= 11 is 5.97. The SMILES string of the molecule is O=c1[nH]c2c(c(=O)[nH]1)[C@@H](c1ccc(Cl)cc1)C=C(c1ccccc1)O2. The van der Waals surface area contributed by atoms with E-state index in [1.165, 1.54) is 0 Å². The van der Waals surface area contributed by atoms with Crippen molar-refractivity contribution < 1.29 is 4.74 Å². The van der Waals surface area contributed by atoms with Crippen molar-refractivity contribution in [2.24, 2.45) is 0 Å². The fourth-order valence-electron chi connectivity index (χ4n) is 2.91. The maximum absolute atomic E-state index is 12.4. The third-order valence-corrected chi connectivity index (χ3v) is 4.32. The van der Waals surface area contributed by atoms with Gasteiger partial charge in [0.05, 0.1) is 5.56 Å². The summed E-state index contributed by atoms with van der Waals surface area (Å²) in [5.74, 6) is 0.376. The lowest BCUT2D eigenvalue weighted by atomic mass is 9.89. The monoisotopic (exact) mass is 352 g/mol. The molecule has 0 aliphatic carbocycles. The Labute approximate surface area is 147 Å². The third kappa shape index (κ3) is 2.90. The van der Waals surface area contributed by atoms with Crippen LogP contribution in [-0.4, -0.2) is 9.97 Å². The molecular formula is C19H13ClN2O3. The van der Waals surface area contributed by atoms with E-state index in [1.807, 2.05) is 48.5 Å². The van der Waals surface area contributed by atoms with Crippen LogP contribution >= 0.6 is 11.6 Å². The van der Waals surface area contributed by atoms with E-state index in [4.69, 9.17) is 16.3 Å². The summed E-state index contributed by atoms with van der Waals surface area (Å²) in [5.41, 5.74) is 1.02. The van der Waals surface area contributed by atoms with Crippen molar-refractivity contribution in [2.75, 3.05) is 0 Å². The van der Waals surface area contributed by atoms with Crippen LogP contribution in [0.1, 0.15) is 22.6 Å². The molecule has 124 valence electrons. The van der Waals surface area contributed by atoms with Crippen molar-refractivity contribution in [2.45, 2.75) is 5.92 Å². The summed E-state index contributed by atoms with van der Waals surface area (Å²) in [6.07, 6.45) is 1.87. The molecule has 1 aromatic heterocycles. The highest BCUT2D eigenvalue weighted by Crippen LogP contribution is 2.37. The Hall–Kier alpha value is -3.05. The van der Waals surface area contributed by atoms with E-state index < -0.39 is 11.2 Å². The molecule has 4 rings (SSSR count). The average molecular weight is 353 g/mol. The second-order valence-corrected chi connectivity index (χ2v) is 6.12. The van der Waals surface area contributed by atoms with Gasteiger partial charge in [-0.15, -0.1) is 0 Å². The minimum Gasteiger partial charge on any atom is -0.440 e. The highest BCUT2D eigenvalue weighted by atomic mass is 35.5. The van der Waals surface area contributed by atoms with Crippen LogP contribution in [0.25, 0.3) is 5.76 Å². The van der Waals surface area contributed by atoms with Crippen molar-refractivity contribution >= 4 is 17.4 Å². The summed E-state index contributed by atoms with van der Waals surface area (Å²) < 4.78 is 5.81. The van der Waals surface area contributed by atoms with Crippen LogP contribution in [0.2, 0.25) is 5.02 Å². The lowest BCUT2D eigenvalue weighted by molar-refractivity contribution is 0.464. The number of aromatic nitrogens is 2. The summed E-state index contributed by atoms with van der Waals surface area (Å²) in [7, 11) is 0. The zero-order chi connectivity index (χ0) is 17.4. The van der Waals surface area contributed by atoms with Crippen molar-refractivity contribution in [1.82, 2.24) is 9.97 Å². The molecule has 2 N–H and O–H groups in total. The van der Waals surface area contributed by atoms with Gasteiger partial charge in [-0.3, -0.25) is 14.8 Å². The van der Waals surface area contributed by atoms with Gasteiger partial charge in [-0.25, -0.2) is 4.79 Å². The highest BCUT2D eigenvalue weighted by Gasteiger charge is 2.28. The molecule has 2 heterocycles. The minimum atomic E-state index is -0.604. The van der Waals surface area contributed by atoms with E-state index >= 15 is 0 Å². The molecule has 0 unspecified atom stereocenters. The molecule has 6 heteroatoms. The van der Waals surface area contributed by atoms with Gasteiger partial charge in [-0.1, -0.05) is 54.1 Å². The maximum Gasteiger partial charge on any atom is 0.328 e. The molecule has 0 saturated carbocycles. The summed E-state index contributed by atoms with van der Waals surface area (Å²) in [4.78, 5) is 28.9. The molecule has 0 fully saturated rings. The van der Waals surface area contributed by atoms with E-state index in [0.29, 0.717) is 16.3 Å². The van der Waals surface area contributed by atoms with Gasteiger partial charge < -0.3 is 4.74 Å². The molecular weight excluding hydrogens is 340 g/mol.